The zero-order valence-corrected chi connectivity index (χ0v) is 11.6. The number of aryl methyl sites for hydroxylation is 1. The average Bonchev–Trinajstić information content (AvgIpc) is 3.05. The molecule has 0 fully saturated rings. The Bertz CT molecular complexity index is 714. The standard InChI is InChI=1S/C14H15N7/c1-2-10-8-13(19-15)18-14(17-10)12-9-16-21(20-12)11-6-4-3-5-7-11/h3-9H,2,15H2,1H3,(H,17,18,19). The maximum Gasteiger partial charge on any atom is 0.184 e. The molecule has 2 aromatic heterocycles. The van der Waals surface area contributed by atoms with Crippen molar-refractivity contribution in [3.05, 3.63) is 48.3 Å². The van der Waals surface area contributed by atoms with Crippen molar-refractivity contribution in [3.8, 4) is 17.2 Å². The number of anilines is 1. The fourth-order valence-electron chi connectivity index (χ4n) is 1.92. The Hall–Kier alpha value is -2.80. The minimum Gasteiger partial charge on any atom is -0.308 e. The van der Waals surface area contributed by atoms with Crippen LogP contribution in [0.2, 0.25) is 0 Å². The van der Waals surface area contributed by atoms with Gasteiger partial charge in [0, 0.05) is 11.8 Å². The van der Waals surface area contributed by atoms with E-state index in [0.717, 1.165) is 17.8 Å². The normalized spacial score (nSPS) is 10.6. The summed E-state index contributed by atoms with van der Waals surface area (Å²) in [7, 11) is 0. The van der Waals surface area contributed by atoms with E-state index in [1.54, 1.807) is 11.0 Å². The lowest BCUT2D eigenvalue weighted by molar-refractivity contribution is 0.752. The Kier molecular flexibility index (Phi) is 3.57. The number of hydrogen-bond acceptors (Lipinski definition) is 6. The minimum absolute atomic E-state index is 0.504. The molecule has 7 heteroatoms. The van der Waals surface area contributed by atoms with E-state index in [2.05, 4.69) is 25.6 Å². The quantitative estimate of drug-likeness (QED) is 0.557. The van der Waals surface area contributed by atoms with Gasteiger partial charge in [0.15, 0.2) is 11.5 Å². The van der Waals surface area contributed by atoms with Crippen LogP contribution in [0.1, 0.15) is 12.6 Å². The van der Waals surface area contributed by atoms with Gasteiger partial charge < -0.3 is 5.43 Å². The fourth-order valence-corrected chi connectivity index (χ4v) is 1.92. The van der Waals surface area contributed by atoms with E-state index in [1.807, 2.05) is 43.3 Å². The summed E-state index contributed by atoms with van der Waals surface area (Å²) in [6, 6.07) is 11.5. The third-order valence-corrected chi connectivity index (χ3v) is 3.00. The summed E-state index contributed by atoms with van der Waals surface area (Å²) in [4.78, 5) is 10.3. The molecule has 7 nitrogen and oxygen atoms in total. The van der Waals surface area contributed by atoms with E-state index < -0.39 is 0 Å². The second kappa shape index (κ2) is 5.68. The molecule has 106 valence electrons. The Morgan fingerprint density at radius 3 is 2.71 bits per heavy atom. The number of aromatic nitrogens is 5. The van der Waals surface area contributed by atoms with Gasteiger partial charge in [0.1, 0.15) is 5.82 Å². The number of hydrogen-bond donors (Lipinski definition) is 2. The second-order valence-corrected chi connectivity index (χ2v) is 4.42. The van der Waals surface area contributed by atoms with Crippen LogP contribution in [0.4, 0.5) is 5.82 Å². The summed E-state index contributed by atoms with van der Waals surface area (Å²) in [5, 5.41) is 8.66. The lowest BCUT2D eigenvalue weighted by Gasteiger charge is -2.04. The predicted octanol–water partition coefficient (Wildman–Crippen LogP) is 1.57. The first-order valence-electron chi connectivity index (χ1n) is 6.63. The van der Waals surface area contributed by atoms with Gasteiger partial charge in [-0.1, -0.05) is 25.1 Å². The van der Waals surface area contributed by atoms with Crippen molar-refractivity contribution in [1.82, 2.24) is 25.0 Å². The van der Waals surface area contributed by atoms with Gasteiger partial charge in [-0.3, -0.25) is 0 Å². The molecule has 1 aromatic carbocycles. The molecule has 0 saturated heterocycles. The first-order valence-corrected chi connectivity index (χ1v) is 6.63. The monoisotopic (exact) mass is 281 g/mol. The molecule has 0 atom stereocenters. The van der Waals surface area contributed by atoms with Crippen molar-refractivity contribution >= 4 is 5.82 Å². The molecule has 0 aliphatic rings. The van der Waals surface area contributed by atoms with E-state index in [1.165, 1.54) is 0 Å². The second-order valence-electron chi connectivity index (χ2n) is 4.42. The maximum absolute atomic E-state index is 5.44. The fraction of sp³-hybridized carbons (Fsp3) is 0.143. The van der Waals surface area contributed by atoms with Crippen LogP contribution in [0.5, 0.6) is 0 Å². The number of hydrazine groups is 1. The molecular formula is C14H15N7. The zero-order chi connectivity index (χ0) is 14.7. The van der Waals surface area contributed by atoms with Gasteiger partial charge in [-0.2, -0.15) is 9.90 Å². The van der Waals surface area contributed by atoms with Crippen LogP contribution in [0, 0.1) is 0 Å². The first kappa shape index (κ1) is 13.2. The van der Waals surface area contributed by atoms with Crippen LogP contribution in [0.25, 0.3) is 17.2 Å². The number of para-hydroxylation sites is 1. The number of benzene rings is 1. The van der Waals surface area contributed by atoms with Crippen molar-refractivity contribution in [3.63, 3.8) is 0 Å². The van der Waals surface area contributed by atoms with Crippen LogP contribution >= 0.6 is 0 Å². The zero-order valence-electron chi connectivity index (χ0n) is 11.6. The number of nitrogens with zero attached hydrogens (tertiary/aromatic N) is 5. The highest BCUT2D eigenvalue weighted by molar-refractivity contribution is 5.51. The molecule has 2 heterocycles. The molecule has 0 spiro atoms. The van der Waals surface area contributed by atoms with E-state index in [0.29, 0.717) is 17.3 Å². The van der Waals surface area contributed by atoms with E-state index >= 15 is 0 Å². The smallest absolute Gasteiger partial charge is 0.184 e. The Labute approximate surface area is 121 Å². The Morgan fingerprint density at radius 1 is 1.19 bits per heavy atom. The molecule has 0 aliphatic heterocycles. The molecule has 3 N–H and O–H groups in total. The average molecular weight is 281 g/mol. The molecule has 0 aliphatic carbocycles. The van der Waals surface area contributed by atoms with Gasteiger partial charge in [0.2, 0.25) is 0 Å². The number of nitrogen functional groups attached to an aromatic ring is 1. The van der Waals surface area contributed by atoms with Crippen molar-refractivity contribution in [2.45, 2.75) is 13.3 Å². The van der Waals surface area contributed by atoms with Gasteiger partial charge >= 0.3 is 0 Å². The topological polar surface area (TPSA) is 94.5 Å². The lowest BCUT2D eigenvalue weighted by atomic mass is 10.3. The van der Waals surface area contributed by atoms with E-state index in [4.69, 9.17) is 5.84 Å². The number of rotatable bonds is 4. The van der Waals surface area contributed by atoms with E-state index in [9.17, 15) is 0 Å². The molecule has 0 radical (unpaired) electrons. The number of nitrogens with one attached hydrogen (secondary N) is 1. The van der Waals surface area contributed by atoms with Crippen molar-refractivity contribution in [2.75, 3.05) is 5.43 Å². The molecular weight excluding hydrogens is 266 g/mol. The summed E-state index contributed by atoms with van der Waals surface area (Å²) in [6.45, 7) is 2.02. The molecule has 0 saturated carbocycles. The van der Waals surface area contributed by atoms with Crippen LogP contribution in [-0.4, -0.2) is 25.0 Å². The predicted molar refractivity (Wildman–Crippen MR) is 79.6 cm³/mol. The highest BCUT2D eigenvalue weighted by atomic mass is 15.5. The molecule has 21 heavy (non-hydrogen) atoms. The van der Waals surface area contributed by atoms with Crippen LogP contribution < -0.4 is 11.3 Å². The molecule has 0 bridgehead atoms. The Balaban J connectivity index is 2.00. The van der Waals surface area contributed by atoms with Gasteiger partial charge in [0.25, 0.3) is 0 Å². The van der Waals surface area contributed by atoms with Crippen LogP contribution in [0.3, 0.4) is 0 Å². The highest BCUT2D eigenvalue weighted by Gasteiger charge is 2.10. The van der Waals surface area contributed by atoms with Crippen LogP contribution in [0.15, 0.2) is 42.6 Å². The summed E-state index contributed by atoms with van der Waals surface area (Å²) >= 11 is 0. The van der Waals surface area contributed by atoms with Gasteiger partial charge in [-0.25, -0.2) is 15.8 Å². The first-order chi connectivity index (χ1) is 10.3. The van der Waals surface area contributed by atoms with Crippen LogP contribution in [-0.2, 0) is 6.42 Å². The van der Waals surface area contributed by atoms with Gasteiger partial charge in [0.05, 0.1) is 11.9 Å². The third kappa shape index (κ3) is 2.72. The number of nitrogens with two attached hydrogens (primary N) is 1. The molecule has 0 unspecified atom stereocenters. The maximum atomic E-state index is 5.44. The SMILES string of the molecule is CCc1cc(NN)nc(-c2cnn(-c3ccccc3)n2)n1. The third-order valence-electron chi connectivity index (χ3n) is 3.00. The summed E-state index contributed by atoms with van der Waals surface area (Å²) in [5.74, 6) is 6.50. The largest absolute Gasteiger partial charge is 0.308 e. The summed E-state index contributed by atoms with van der Waals surface area (Å²) in [5.41, 5.74) is 4.92. The summed E-state index contributed by atoms with van der Waals surface area (Å²) in [6.07, 6.45) is 2.43. The molecule has 3 rings (SSSR count). The Morgan fingerprint density at radius 2 is 2.00 bits per heavy atom. The lowest BCUT2D eigenvalue weighted by Crippen LogP contribution is -2.10. The molecule has 3 aromatic rings. The minimum atomic E-state index is 0.504. The van der Waals surface area contributed by atoms with E-state index in [-0.39, 0.29) is 0 Å². The van der Waals surface area contributed by atoms with Gasteiger partial charge in [-0.05, 0) is 18.6 Å². The van der Waals surface area contributed by atoms with Crippen molar-refractivity contribution < 1.29 is 0 Å². The van der Waals surface area contributed by atoms with Crippen molar-refractivity contribution in [1.29, 1.82) is 0 Å². The van der Waals surface area contributed by atoms with Gasteiger partial charge in [-0.15, -0.1) is 5.10 Å². The summed E-state index contributed by atoms with van der Waals surface area (Å²) < 4.78 is 0. The highest BCUT2D eigenvalue weighted by Crippen LogP contribution is 2.16. The molecule has 0 amide bonds. The van der Waals surface area contributed by atoms with Crippen molar-refractivity contribution in [2.24, 2.45) is 5.84 Å².